The molecule has 3 N–H and O–H groups in total. The maximum Gasteiger partial charge on any atom is 0.317 e. The van der Waals surface area contributed by atoms with Crippen molar-refractivity contribution < 1.29 is 14.7 Å². The molecule has 0 aromatic carbocycles. The molecular formula is C16H20N6O3. The molecule has 2 aromatic rings. The van der Waals surface area contributed by atoms with Crippen LogP contribution >= 0.6 is 0 Å². The van der Waals surface area contributed by atoms with E-state index in [9.17, 15) is 14.7 Å². The second-order valence-electron chi connectivity index (χ2n) is 6.33. The Balaban J connectivity index is 1.52. The number of piperidine rings is 1. The lowest BCUT2D eigenvalue weighted by Gasteiger charge is -2.36. The number of aromatic nitrogens is 4. The first kappa shape index (κ1) is 16.9. The second kappa shape index (κ2) is 6.88. The average Bonchev–Trinajstić information content (AvgIpc) is 3.10. The van der Waals surface area contributed by atoms with Gasteiger partial charge in [0.05, 0.1) is 12.0 Å². The monoisotopic (exact) mass is 344 g/mol. The van der Waals surface area contributed by atoms with Crippen LogP contribution in [0.3, 0.4) is 0 Å². The predicted molar refractivity (Wildman–Crippen MR) is 88.4 cm³/mol. The summed E-state index contributed by atoms with van der Waals surface area (Å²) in [7, 11) is 0. The van der Waals surface area contributed by atoms with Crippen LogP contribution in [-0.4, -0.2) is 55.3 Å². The van der Waals surface area contributed by atoms with Gasteiger partial charge in [-0.1, -0.05) is 6.07 Å². The minimum absolute atomic E-state index is 0.214. The normalized spacial score (nSPS) is 16.4. The Hall–Kier alpha value is -2.97. The van der Waals surface area contributed by atoms with Crippen molar-refractivity contribution in [3.05, 3.63) is 30.2 Å². The highest BCUT2D eigenvalue weighted by atomic mass is 16.4. The number of amides is 2. The van der Waals surface area contributed by atoms with Crippen molar-refractivity contribution in [1.82, 2.24) is 30.4 Å². The van der Waals surface area contributed by atoms with E-state index in [4.69, 9.17) is 0 Å². The summed E-state index contributed by atoms with van der Waals surface area (Å²) in [6, 6.07) is 5.23. The minimum Gasteiger partial charge on any atom is -0.481 e. The molecule has 1 aliphatic rings. The van der Waals surface area contributed by atoms with Crippen LogP contribution in [0.5, 0.6) is 0 Å². The smallest absolute Gasteiger partial charge is 0.317 e. The molecule has 132 valence electrons. The van der Waals surface area contributed by atoms with Gasteiger partial charge in [0.15, 0.2) is 5.82 Å². The molecule has 2 amide bonds. The predicted octanol–water partition coefficient (Wildman–Crippen LogP) is 1.26. The van der Waals surface area contributed by atoms with E-state index < -0.39 is 11.4 Å². The minimum atomic E-state index is -0.809. The number of carboxylic acid groups (broad SMARTS) is 1. The van der Waals surface area contributed by atoms with Crippen LogP contribution in [0.1, 0.15) is 25.6 Å². The number of carboxylic acids is 1. The first-order chi connectivity index (χ1) is 12.0. The summed E-state index contributed by atoms with van der Waals surface area (Å²) in [6.07, 6.45) is 2.55. The number of carbonyl (C=O) groups excluding carboxylic acids is 1. The van der Waals surface area contributed by atoms with E-state index in [0.29, 0.717) is 43.3 Å². The van der Waals surface area contributed by atoms with Crippen molar-refractivity contribution in [3.8, 4) is 11.5 Å². The quantitative estimate of drug-likeness (QED) is 0.767. The van der Waals surface area contributed by atoms with E-state index in [1.165, 1.54) is 0 Å². The largest absolute Gasteiger partial charge is 0.481 e. The Morgan fingerprint density at radius 1 is 1.36 bits per heavy atom. The molecule has 3 heterocycles. The lowest BCUT2D eigenvalue weighted by Crippen LogP contribution is -2.48. The van der Waals surface area contributed by atoms with E-state index in [1.807, 2.05) is 12.1 Å². The van der Waals surface area contributed by atoms with Crippen LogP contribution in [-0.2, 0) is 11.3 Å². The van der Waals surface area contributed by atoms with Crippen molar-refractivity contribution in [1.29, 1.82) is 0 Å². The van der Waals surface area contributed by atoms with Crippen LogP contribution in [0.25, 0.3) is 11.5 Å². The van der Waals surface area contributed by atoms with Gasteiger partial charge in [-0.3, -0.25) is 14.9 Å². The summed E-state index contributed by atoms with van der Waals surface area (Å²) in [5.74, 6) is 0.192. The van der Waals surface area contributed by atoms with Gasteiger partial charge in [-0.05, 0) is 31.9 Å². The standard InChI is InChI=1S/C16H20N6O3/c1-16(14(23)24)5-8-22(9-6-16)15(25)18-10-12-19-13(21-20-12)11-4-2-3-7-17-11/h2-4,7H,5-6,8-10H2,1H3,(H,18,25)(H,23,24)(H,19,20,21). The van der Waals surface area contributed by atoms with Crippen molar-refractivity contribution >= 4 is 12.0 Å². The molecule has 0 atom stereocenters. The highest BCUT2D eigenvalue weighted by molar-refractivity contribution is 5.76. The zero-order chi connectivity index (χ0) is 17.9. The van der Waals surface area contributed by atoms with Crippen molar-refractivity contribution in [2.45, 2.75) is 26.3 Å². The number of carbonyl (C=O) groups is 2. The summed E-state index contributed by atoms with van der Waals surface area (Å²) in [6.45, 7) is 2.78. The average molecular weight is 344 g/mol. The number of rotatable bonds is 4. The number of aromatic amines is 1. The van der Waals surface area contributed by atoms with Gasteiger partial charge in [-0.15, -0.1) is 0 Å². The van der Waals surface area contributed by atoms with E-state index >= 15 is 0 Å². The molecule has 1 saturated heterocycles. The van der Waals surface area contributed by atoms with Crippen LogP contribution < -0.4 is 5.32 Å². The highest BCUT2D eigenvalue weighted by Gasteiger charge is 2.37. The molecule has 1 aliphatic heterocycles. The van der Waals surface area contributed by atoms with Gasteiger partial charge in [-0.2, -0.15) is 5.10 Å². The second-order valence-corrected chi connectivity index (χ2v) is 6.33. The molecule has 9 nitrogen and oxygen atoms in total. The fourth-order valence-corrected chi connectivity index (χ4v) is 2.67. The van der Waals surface area contributed by atoms with Gasteiger partial charge in [0.25, 0.3) is 0 Å². The third kappa shape index (κ3) is 3.76. The van der Waals surface area contributed by atoms with Crippen molar-refractivity contribution in [2.75, 3.05) is 13.1 Å². The van der Waals surface area contributed by atoms with Gasteiger partial charge < -0.3 is 15.3 Å². The SMILES string of the molecule is CC1(C(=O)O)CCN(C(=O)NCc2nc(-c3ccccn3)n[nH]2)CC1. The third-order valence-electron chi connectivity index (χ3n) is 4.50. The topological polar surface area (TPSA) is 124 Å². The first-order valence-electron chi connectivity index (χ1n) is 8.07. The molecule has 0 radical (unpaired) electrons. The van der Waals surface area contributed by atoms with Crippen LogP contribution in [0.4, 0.5) is 4.79 Å². The van der Waals surface area contributed by atoms with Crippen LogP contribution in [0.15, 0.2) is 24.4 Å². The molecule has 25 heavy (non-hydrogen) atoms. The molecule has 0 unspecified atom stereocenters. The zero-order valence-electron chi connectivity index (χ0n) is 13.9. The number of urea groups is 1. The molecule has 0 saturated carbocycles. The Labute approximate surface area is 144 Å². The zero-order valence-corrected chi connectivity index (χ0v) is 13.9. The fraction of sp³-hybridized carbons (Fsp3) is 0.438. The van der Waals surface area contributed by atoms with E-state index in [0.717, 1.165) is 0 Å². The number of nitrogens with one attached hydrogen (secondary N) is 2. The number of H-pyrrole nitrogens is 1. The number of hydrogen-bond donors (Lipinski definition) is 3. The Morgan fingerprint density at radius 2 is 2.12 bits per heavy atom. The van der Waals surface area contributed by atoms with Gasteiger partial charge in [0, 0.05) is 19.3 Å². The van der Waals surface area contributed by atoms with Crippen molar-refractivity contribution in [3.63, 3.8) is 0 Å². The molecule has 9 heteroatoms. The molecular weight excluding hydrogens is 324 g/mol. The lowest BCUT2D eigenvalue weighted by molar-refractivity contribution is -0.150. The van der Waals surface area contributed by atoms with Crippen molar-refractivity contribution in [2.24, 2.45) is 5.41 Å². The fourth-order valence-electron chi connectivity index (χ4n) is 2.67. The molecule has 2 aromatic heterocycles. The number of pyridine rings is 1. The van der Waals surface area contributed by atoms with Gasteiger partial charge in [0.2, 0.25) is 0 Å². The number of aliphatic carboxylic acids is 1. The summed E-state index contributed by atoms with van der Waals surface area (Å²) in [5.41, 5.74) is -0.0976. The van der Waals surface area contributed by atoms with Crippen LogP contribution in [0.2, 0.25) is 0 Å². The van der Waals surface area contributed by atoms with Gasteiger partial charge in [0.1, 0.15) is 11.5 Å². The maximum atomic E-state index is 12.2. The first-order valence-corrected chi connectivity index (χ1v) is 8.07. The summed E-state index contributed by atoms with van der Waals surface area (Å²) in [4.78, 5) is 33.6. The lowest BCUT2D eigenvalue weighted by atomic mass is 9.80. The van der Waals surface area contributed by atoms with Crippen LogP contribution in [0, 0.1) is 5.41 Å². The van der Waals surface area contributed by atoms with E-state index in [1.54, 1.807) is 24.1 Å². The van der Waals surface area contributed by atoms with Gasteiger partial charge >= 0.3 is 12.0 Å². The Kier molecular flexibility index (Phi) is 4.64. The molecule has 0 bridgehead atoms. The van der Waals surface area contributed by atoms with E-state index in [-0.39, 0.29) is 12.6 Å². The summed E-state index contributed by atoms with van der Waals surface area (Å²) in [5, 5.41) is 18.9. The van der Waals surface area contributed by atoms with E-state index in [2.05, 4.69) is 25.5 Å². The highest BCUT2D eigenvalue weighted by Crippen LogP contribution is 2.30. The molecule has 0 spiro atoms. The molecule has 1 fully saturated rings. The van der Waals surface area contributed by atoms with Gasteiger partial charge in [-0.25, -0.2) is 9.78 Å². The Bertz CT molecular complexity index is 752. The Morgan fingerprint density at radius 3 is 2.76 bits per heavy atom. The molecule has 0 aliphatic carbocycles. The molecule has 3 rings (SSSR count). The number of likely N-dealkylation sites (tertiary alicyclic amines) is 1. The maximum absolute atomic E-state index is 12.2. The number of nitrogens with zero attached hydrogens (tertiary/aromatic N) is 4. The summed E-state index contributed by atoms with van der Waals surface area (Å²) >= 11 is 0. The third-order valence-corrected chi connectivity index (χ3v) is 4.50. The number of hydrogen-bond acceptors (Lipinski definition) is 5. The summed E-state index contributed by atoms with van der Waals surface area (Å²) < 4.78 is 0.